The zero-order valence-electron chi connectivity index (χ0n) is 12.5. The van der Waals surface area contributed by atoms with Crippen LogP contribution < -0.4 is 5.32 Å². The molecule has 110 valence electrons. The van der Waals surface area contributed by atoms with Crippen LogP contribution in [0, 0.1) is 11.3 Å². The van der Waals surface area contributed by atoms with E-state index in [1.165, 1.54) is 31.2 Å². The third-order valence-corrected chi connectivity index (χ3v) is 5.94. The van der Waals surface area contributed by atoms with E-state index in [4.69, 9.17) is 4.74 Å². The molecule has 0 amide bonds. The number of aryl methyl sites for hydroxylation is 1. The predicted octanol–water partition coefficient (Wildman–Crippen LogP) is 2.51. The molecule has 20 heavy (non-hydrogen) atoms. The molecule has 1 saturated heterocycles. The smallest absolute Gasteiger partial charge is 0.0690 e. The van der Waals surface area contributed by atoms with E-state index in [2.05, 4.69) is 30.5 Å². The fraction of sp³-hybridized carbons (Fsp3) is 0.812. The lowest BCUT2D eigenvalue weighted by molar-refractivity contribution is -0.178. The summed E-state index contributed by atoms with van der Waals surface area (Å²) < 4.78 is 8.00. The molecule has 0 bridgehead atoms. The van der Waals surface area contributed by atoms with Gasteiger partial charge in [0.2, 0.25) is 0 Å². The van der Waals surface area contributed by atoms with Crippen molar-refractivity contribution in [3.8, 4) is 0 Å². The molecular formula is C16H25N3O. The Balaban J connectivity index is 1.48. The second-order valence-electron chi connectivity index (χ2n) is 6.83. The molecule has 0 unspecified atom stereocenters. The number of ether oxygens (including phenoxy) is 1. The first-order valence-corrected chi connectivity index (χ1v) is 8.14. The van der Waals surface area contributed by atoms with Crippen LogP contribution in [0.25, 0.3) is 0 Å². The van der Waals surface area contributed by atoms with Crippen molar-refractivity contribution in [2.24, 2.45) is 11.3 Å². The highest BCUT2D eigenvalue weighted by molar-refractivity contribution is 5.20. The van der Waals surface area contributed by atoms with Gasteiger partial charge in [0, 0.05) is 48.3 Å². The van der Waals surface area contributed by atoms with Crippen molar-refractivity contribution in [3.63, 3.8) is 0 Å². The van der Waals surface area contributed by atoms with Gasteiger partial charge >= 0.3 is 0 Å². The van der Waals surface area contributed by atoms with Gasteiger partial charge in [-0.1, -0.05) is 6.42 Å². The lowest BCUT2D eigenvalue weighted by Crippen LogP contribution is -2.71. The number of rotatable bonds is 4. The average Bonchev–Trinajstić information content (AvgIpc) is 3.01. The van der Waals surface area contributed by atoms with Gasteiger partial charge in [-0.2, -0.15) is 5.10 Å². The first kappa shape index (κ1) is 12.8. The number of fused-ring (bicyclic) bond motifs is 2. The van der Waals surface area contributed by atoms with Crippen LogP contribution in [0.4, 0.5) is 0 Å². The van der Waals surface area contributed by atoms with Crippen molar-refractivity contribution in [2.75, 3.05) is 6.61 Å². The molecule has 0 aromatic carbocycles. The molecule has 2 saturated carbocycles. The van der Waals surface area contributed by atoms with Gasteiger partial charge in [-0.05, 0) is 33.1 Å². The van der Waals surface area contributed by atoms with Crippen molar-refractivity contribution < 1.29 is 4.74 Å². The molecule has 0 radical (unpaired) electrons. The number of hydrogen-bond acceptors (Lipinski definition) is 3. The molecule has 2 heterocycles. The summed E-state index contributed by atoms with van der Waals surface area (Å²) in [6, 6.07) is 1.04. The summed E-state index contributed by atoms with van der Waals surface area (Å²) in [5, 5.41) is 8.30. The van der Waals surface area contributed by atoms with Crippen molar-refractivity contribution in [3.05, 3.63) is 18.0 Å². The summed E-state index contributed by atoms with van der Waals surface area (Å²) in [5.74, 6) is 0.749. The summed E-state index contributed by atoms with van der Waals surface area (Å²) >= 11 is 0. The summed E-state index contributed by atoms with van der Waals surface area (Å²) in [5.41, 5.74) is 1.78. The Morgan fingerprint density at radius 3 is 3.05 bits per heavy atom. The zero-order valence-corrected chi connectivity index (χ0v) is 12.5. The van der Waals surface area contributed by atoms with Gasteiger partial charge in [0.25, 0.3) is 0 Å². The molecule has 1 N–H and O–H groups in total. The van der Waals surface area contributed by atoms with Gasteiger partial charge in [0.15, 0.2) is 0 Å². The van der Waals surface area contributed by atoms with Crippen molar-refractivity contribution in [2.45, 2.75) is 64.3 Å². The minimum atomic E-state index is 0.388. The summed E-state index contributed by atoms with van der Waals surface area (Å²) in [4.78, 5) is 0. The third kappa shape index (κ3) is 1.64. The maximum atomic E-state index is 5.99. The highest BCUT2D eigenvalue weighted by Gasteiger charge is 2.66. The molecule has 1 aliphatic heterocycles. The normalized spacial score (nSPS) is 35.4. The standard InChI is InChI=1S/C16H25N3O/c1-3-19-10-12(9-17-19)11(2)18-14-13-5-8-20-15(13)16(14)6-4-7-16/h9-11,13-15,18H,3-8H2,1-2H3/t11-,13-,14+,15-/m0/s1. The Bertz CT molecular complexity index is 494. The van der Waals surface area contributed by atoms with E-state index in [1.807, 2.05) is 10.9 Å². The summed E-state index contributed by atoms with van der Waals surface area (Å²) in [7, 11) is 0. The molecule has 1 aromatic rings. The fourth-order valence-electron chi connectivity index (χ4n) is 4.64. The van der Waals surface area contributed by atoms with E-state index in [0.29, 0.717) is 23.6 Å². The molecular weight excluding hydrogens is 250 g/mol. The molecule has 1 aromatic heterocycles. The van der Waals surface area contributed by atoms with Gasteiger partial charge in [-0.15, -0.1) is 0 Å². The van der Waals surface area contributed by atoms with Gasteiger partial charge in [0.05, 0.1) is 12.3 Å². The molecule has 3 aliphatic rings. The Morgan fingerprint density at radius 2 is 2.40 bits per heavy atom. The molecule has 4 atom stereocenters. The molecule has 4 heteroatoms. The van der Waals surface area contributed by atoms with Gasteiger partial charge in [-0.25, -0.2) is 0 Å². The number of hydrogen-bond donors (Lipinski definition) is 1. The Morgan fingerprint density at radius 1 is 1.55 bits per heavy atom. The van der Waals surface area contributed by atoms with E-state index < -0.39 is 0 Å². The van der Waals surface area contributed by atoms with Crippen molar-refractivity contribution >= 4 is 0 Å². The summed E-state index contributed by atoms with van der Waals surface area (Å²) in [6.07, 6.45) is 10.1. The Hall–Kier alpha value is -0.870. The topological polar surface area (TPSA) is 39.1 Å². The number of nitrogens with one attached hydrogen (secondary N) is 1. The van der Waals surface area contributed by atoms with Crippen LogP contribution in [0.3, 0.4) is 0 Å². The van der Waals surface area contributed by atoms with Crippen molar-refractivity contribution in [1.82, 2.24) is 15.1 Å². The number of nitrogens with zero attached hydrogens (tertiary/aromatic N) is 2. The van der Waals surface area contributed by atoms with Gasteiger partial charge < -0.3 is 10.1 Å². The van der Waals surface area contributed by atoms with E-state index in [1.54, 1.807) is 0 Å². The maximum Gasteiger partial charge on any atom is 0.0690 e. The SMILES string of the molecule is CCn1cc([C@H](C)N[C@@H]2[C@@H]3CCO[C@@H]3C23CCC3)cn1. The van der Waals surface area contributed by atoms with E-state index in [0.717, 1.165) is 19.1 Å². The zero-order chi connectivity index (χ0) is 13.7. The molecule has 3 fully saturated rings. The third-order valence-electron chi connectivity index (χ3n) is 5.94. The van der Waals surface area contributed by atoms with Crippen LogP contribution in [-0.2, 0) is 11.3 Å². The van der Waals surface area contributed by atoms with E-state index in [9.17, 15) is 0 Å². The maximum absolute atomic E-state index is 5.99. The first-order valence-electron chi connectivity index (χ1n) is 8.14. The minimum absolute atomic E-state index is 0.388. The summed E-state index contributed by atoms with van der Waals surface area (Å²) in [6.45, 7) is 6.31. The van der Waals surface area contributed by atoms with Crippen molar-refractivity contribution in [1.29, 1.82) is 0 Å². The predicted molar refractivity (Wildman–Crippen MR) is 77.4 cm³/mol. The molecule has 1 spiro atoms. The number of aromatic nitrogens is 2. The highest BCUT2D eigenvalue weighted by atomic mass is 16.5. The van der Waals surface area contributed by atoms with Crippen LogP contribution in [0.5, 0.6) is 0 Å². The first-order chi connectivity index (χ1) is 9.74. The Kier molecular flexibility index (Phi) is 2.93. The second kappa shape index (κ2) is 4.57. The Labute approximate surface area is 120 Å². The van der Waals surface area contributed by atoms with Gasteiger partial charge in [0.1, 0.15) is 0 Å². The minimum Gasteiger partial charge on any atom is -0.377 e. The molecule has 4 rings (SSSR count). The second-order valence-corrected chi connectivity index (χ2v) is 6.83. The quantitative estimate of drug-likeness (QED) is 0.917. The largest absolute Gasteiger partial charge is 0.377 e. The molecule has 4 nitrogen and oxygen atoms in total. The van der Waals surface area contributed by atoms with Crippen LogP contribution >= 0.6 is 0 Å². The fourth-order valence-corrected chi connectivity index (χ4v) is 4.64. The van der Waals surface area contributed by atoms with E-state index in [-0.39, 0.29) is 0 Å². The average molecular weight is 275 g/mol. The van der Waals surface area contributed by atoms with Crippen LogP contribution in [0.15, 0.2) is 12.4 Å². The van der Waals surface area contributed by atoms with Crippen LogP contribution in [-0.4, -0.2) is 28.5 Å². The van der Waals surface area contributed by atoms with Gasteiger partial charge in [-0.3, -0.25) is 4.68 Å². The lowest BCUT2D eigenvalue weighted by Gasteiger charge is -2.64. The lowest BCUT2D eigenvalue weighted by atomic mass is 9.46. The highest BCUT2D eigenvalue weighted by Crippen LogP contribution is 2.63. The van der Waals surface area contributed by atoms with Crippen LogP contribution in [0.2, 0.25) is 0 Å². The van der Waals surface area contributed by atoms with Crippen LogP contribution in [0.1, 0.15) is 51.1 Å². The monoisotopic (exact) mass is 275 g/mol. The molecule has 2 aliphatic carbocycles. The van der Waals surface area contributed by atoms with E-state index >= 15 is 0 Å².